The zero-order valence-electron chi connectivity index (χ0n) is 11.7. The fraction of sp³-hybridized carbons (Fsp3) is 0.917. The van der Waals surface area contributed by atoms with Crippen molar-refractivity contribution in [3.8, 4) is 6.07 Å². The Hall–Kier alpha value is -0.640. The monoisotopic (exact) mass is 273 g/mol. The molecule has 0 amide bonds. The van der Waals surface area contributed by atoms with Crippen LogP contribution in [-0.4, -0.2) is 54.6 Å². The van der Waals surface area contributed by atoms with Gasteiger partial charge in [-0.15, -0.1) is 0 Å². The fourth-order valence-corrected chi connectivity index (χ4v) is 3.75. The first-order valence-electron chi connectivity index (χ1n) is 6.37. The van der Waals surface area contributed by atoms with Crippen LogP contribution in [0.25, 0.3) is 0 Å². The van der Waals surface area contributed by atoms with Crippen molar-refractivity contribution in [1.82, 2.24) is 9.21 Å². The minimum absolute atomic E-state index is 0.0647. The molecule has 0 aromatic heterocycles. The second kappa shape index (κ2) is 5.55. The summed E-state index contributed by atoms with van der Waals surface area (Å²) in [6, 6.07) is 1.89. The standard InChI is InChI=1S/C12H23N3O2S/c1-5-11(10-13)18(16,17)15-8-6-14(7-9-15)12(2,3)4/h11H,5-9H2,1-4H3. The number of hydrogen-bond donors (Lipinski definition) is 0. The van der Waals surface area contributed by atoms with Gasteiger partial charge in [-0.3, -0.25) is 4.90 Å². The van der Waals surface area contributed by atoms with Gasteiger partial charge in [-0.1, -0.05) is 6.92 Å². The van der Waals surface area contributed by atoms with Crippen molar-refractivity contribution in [2.24, 2.45) is 0 Å². The highest BCUT2D eigenvalue weighted by Crippen LogP contribution is 2.19. The second-order valence-electron chi connectivity index (χ2n) is 5.63. The van der Waals surface area contributed by atoms with E-state index in [2.05, 4.69) is 25.7 Å². The fourth-order valence-electron chi connectivity index (χ4n) is 2.16. The molecule has 0 aromatic rings. The Morgan fingerprint density at radius 3 is 2.06 bits per heavy atom. The van der Waals surface area contributed by atoms with Crippen molar-refractivity contribution >= 4 is 10.0 Å². The Bertz CT molecular complexity index is 412. The van der Waals surface area contributed by atoms with E-state index in [0.29, 0.717) is 19.5 Å². The first-order chi connectivity index (χ1) is 8.23. The first-order valence-corrected chi connectivity index (χ1v) is 7.87. The van der Waals surface area contributed by atoms with Crippen LogP contribution in [0.4, 0.5) is 0 Å². The Balaban J connectivity index is 2.72. The van der Waals surface area contributed by atoms with Crippen LogP contribution in [0.2, 0.25) is 0 Å². The highest BCUT2D eigenvalue weighted by atomic mass is 32.2. The summed E-state index contributed by atoms with van der Waals surface area (Å²) >= 11 is 0. The van der Waals surface area contributed by atoms with Gasteiger partial charge in [0.1, 0.15) is 0 Å². The van der Waals surface area contributed by atoms with Gasteiger partial charge in [0.25, 0.3) is 0 Å². The summed E-state index contributed by atoms with van der Waals surface area (Å²) < 4.78 is 25.8. The molecule has 1 aliphatic rings. The third kappa shape index (κ3) is 3.22. The predicted molar refractivity (Wildman–Crippen MR) is 71.5 cm³/mol. The van der Waals surface area contributed by atoms with Crippen molar-refractivity contribution in [3.05, 3.63) is 0 Å². The van der Waals surface area contributed by atoms with E-state index in [9.17, 15) is 8.42 Å². The number of nitriles is 1. The molecule has 1 atom stereocenters. The molecule has 1 rings (SSSR count). The number of sulfonamides is 1. The van der Waals surface area contributed by atoms with E-state index < -0.39 is 15.3 Å². The van der Waals surface area contributed by atoms with E-state index in [4.69, 9.17) is 5.26 Å². The number of hydrogen-bond acceptors (Lipinski definition) is 4. The molecule has 0 spiro atoms. The van der Waals surface area contributed by atoms with Crippen molar-refractivity contribution in [1.29, 1.82) is 5.26 Å². The highest BCUT2D eigenvalue weighted by Gasteiger charge is 2.35. The minimum Gasteiger partial charge on any atom is -0.296 e. The molecule has 0 aromatic carbocycles. The average Bonchev–Trinajstić information content (AvgIpc) is 2.29. The van der Waals surface area contributed by atoms with Crippen LogP contribution in [-0.2, 0) is 10.0 Å². The summed E-state index contributed by atoms with van der Waals surface area (Å²) in [4.78, 5) is 2.27. The SMILES string of the molecule is CCC(C#N)S(=O)(=O)N1CCN(C(C)(C)C)CC1. The van der Waals surface area contributed by atoms with Crippen molar-refractivity contribution in [2.75, 3.05) is 26.2 Å². The quantitative estimate of drug-likeness (QED) is 0.770. The molecule has 5 nitrogen and oxygen atoms in total. The maximum atomic E-state index is 12.2. The van der Waals surface area contributed by atoms with Gasteiger partial charge in [0.05, 0.1) is 6.07 Å². The van der Waals surface area contributed by atoms with Gasteiger partial charge in [-0.2, -0.15) is 9.57 Å². The van der Waals surface area contributed by atoms with Crippen LogP contribution in [0, 0.1) is 11.3 Å². The average molecular weight is 273 g/mol. The van der Waals surface area contributed by atoms with Crippen molar-refractivity contribution < 1.29 is 8.42 Å². The van der Waals surface area contributed by atoms with E-state index in [1.807, 2.05) is 6.07 Å². The molecule has 104 valence electrons. The Kier molecular flexibility index (Phi) is 4.76. The summed E-state index contributed by atoms with van der Waals surface area (Å²) in [5.41, 5.74) is 0.0647. The zero-order chi connectivity index (χ0) is 14.0. The highest BCUT2D eigenvalue weighted by molar-refractivity contribution is 7.90. The lowest BCUT2D eigenvalue weighted by Crippen LogP contribution is -2.55. The van der Waals surface area contributed by atoms with Crippen molar-refractivity contribution in [2.45, 2.75) is 44.9 Å². The Morgan fingerprint density at radius 2 is 1.72 bits per heavy atom. The summed E-state index contributed by atoms with van der Waals surface area (Å²) in [5, 5.41) is 8.00. The summed E-state index contributed by atoms with van der Waals surface area (Å²) in [5.74, 6) is 0. The molecule has 0 aliphatic carbocycles. The van der Waals surface area contributed by atoms with E-state index in [-0.39, 0.29) is 5.54 Å². The zero-order valence-corrected chi connectivity index (χ0v) is 12.5. The molecule has 1 fully saturated rings. The first kappa shape index (κ1) is 15.4. The van der Waals surface area contributed by atoms with Gasteiger partial charge in [-0.25, -0.2) is 8.42 Å². The van der Waals surface area contributed by atoms with E-state index in [0.717, 1.165) is 13.1 Å². The Morgan fingerprint density at radius 1 is 1.22 bits per heavy atom. The molecular weight excluding hydrogens is 250 g/mol. The molecule has 0 radical (unpaired) electrons. The minimum atomic E-state index is -3.45. The lowest BCUT2D eigenvalue weighted by atomic mass is 10.1. The smallest absolute Gasteiger partial charge is 0.230 e. The topological polar surface area (TPSA) is 64.4 Å². The predicted octanol–water partition coefficient (Wildman–Crippen LogP) is 1.03. The third-order valence-electron chi connectivity index (χ3n) is 3.42. The van der Waals surface area contributed by atoms with Gasteiger partial charge < -0.3 is 0 Å². The van der Waals surface area contributed by atoms with Crippen LogP contribution in [0.5, 0.6) is 0 Å². The van der Waals surface area contributed by atoms with E-state index >= 15 is 0 Å². The van der Waals surface area contributed by atoms with Crippen LogP contribution < -0.4 is 0 Å². The maximum Gasteiger partial charge on any atom is 0.230 e. The molecule has 6 heteroatoms. The molecule has 0 N–H and O–H groups in total. The third-order valence-corrected chi connectivity index (χ3v) is 5.66. The number of rotatable bonds is 3. The lowest BCUT2D eigenvalue weighted by Gasteiger charge is -2.42. The van der Waals surface area contributed by atoms with E-state index in [1.54, 1.807) is 6.92 Å². The van der Waals surface area contributed by atoms with Crippen molar-refractivity contribution in [3.63, 3.8) is 0 Å². The van der Waals surface area contributed by atoms with Crippen LogP contribution in [0.15, 0.2) is 0 Å². The molecule has 0 bridgehead atoms. The number of nitrogens with zero attached hydrogens (tertiary/aromatic N) is 3. The summed E-state index contributed by atoms with van der Waals surface area (Å²) in [7, 11) is -3.45. The lowest BCUT2D eigenvalue weighted by molar-refractivity contribution is 0.0920. The second-order valence-corrected chi connectivity index (χ2v) is 7.74. The van der Waals surface area contributed by atoms with Gasteiger partial charge in [0.2, 0.25) is 10.0 Å². The normalized spacial score (nSPS) is 21.5. The van der Waals surface area contributed by atoms with Crippen LogP contribution in [0.3, 0.4) is 0 Å². The largest absolute Gasteiger partial charge is 0.296 e. The number of piperazine rings is 1. The molecule has 1 unspecified atom stereocenters. The molecule has 1 saturated heterocycles. The Labute approximate surface area is 110 Å². The molecule has 18 heavy (non-hydrogen) atoms. The summed E-state index contributed by atoms with van der Waals surface area (Å²) in [6.45, 7) is 10.5. The van der Waals surface area contributed by atoms with Gasteiger partial charge in [0, 0.05) is 31.7 Å². The molecular formula is C12H23N3O2S. The van der Waals surface area contributed by atoms with E-state index in [1.165, 1.54) is 4.31 Å². The summed E-state index contributed by atoms with van der Waals surface area (Å²) in [6.07, 6.45) is 0.346. The van der Waals surface area contributed by atoms with Gasteiger partial charge in [0.15, 0.2) is 5.25 Å². The maximum absolute atomic E-state index is 12.2. The van der Waals surface area contributed by atoms with Crippen LogP contribution >= 0.6 is 0 Å². The van der Waals surface area contributed by atoms with Gasteiger partial charge in [-0.05, 0) is 27.2 Å². The molecule has 0 saturated carbocycles. The van der Waals surface area contributed by atoms with Gasteiger partial charge >= 0.3 is 0 Å². The molecule has 1 heterocycles. The van der Waals surface area contributed by atoms with Crippen LogP contribution in [0.1, 0.15) is 34.1 Å². The molecule has 1 aliphatic heterocycles.